The molecule has 160 valence electrons. The summed E-state index contributed by atoms with van der Waals surface area (Å²) in [5.74, 6) is 0.135. The summed E-state index contributed by atoms with van der Waals surface area (Å²) in [5.41, 5.74) is 5.17. The Hall–Kier alpha value is -2.45. The molecular weight excluding hydrogens is 400 g/mol. The van der Waals surface area contributed by atoms with Crippen molar-refractivity contribution in [3.63, 3.8) is 0 Å². The van der Waals surface area contributed by atoms with Crippen molar-refractivity contribution < 1.29 is 8.42 Å². The quantitative estimate of drug-likeness (QED) is 0.643. The van der Waals surface area contributed by atoms with Gasteiger partial charge in [-0.25, -0.2) is 8.42 Å². The first-order chi connectivity index (χ1) is 14.1. The van der Waals surface area contributed by atoms with Crippen LogP contribution in [0, 0.1) is 27.7 Å². The molecule has 0 atom stereocenters. The van der Waals surface area contributed by atoms with Crippen molar-refractivity contribution in [2.75, 3.05) is 13.1 Å². The van der Waals surface area contributed by atoms with Crippen LogP contribution in [0.2, 0.25) is 0 Å². The van der Waals surface area contributed by atoms with Crippen LogP contribution in [-0.2, 0) is 17.1 Å². The second-order valence-corrected chi connectivity index (χ2v) is 10.2. The molecule has 0 spiro atoms. The molecule has 0 N–H and O–H groups in total. The Kier molecular flexibility index (Phi) is 5.10. The fraction of sp³-hybridized carbons (Fsp3) is 0.455. The van der Waals surface area contributed by atoms with Crippen LogP contribution in [0.1, 0.15) is 46.7 Å². The minimum atomic E-state index is -3.57. The fourth-order valence-corrected chi connectivity index (χ4v) is 6.66. The second kappa shape index (κ2) is 7.35. The van der Waals surface area contributed by atoms with E-state index in [4.69, 9.17) is 0 Å². The normalized spacial score (nSPS) is 16.4. The molecule has 1 saturated heterocycles. The smallest absolute Gasteiger partial charge is 0.274 e. The molecule has 7 nitrogen and oxygen atoms in total. The summed E-state index contributed by atoms with van der Waals surface area (Å²) < 4.78 is 32.0. The van der Waals surface area contributed by atoms with Crippen LogP contribution in [-0.4, -0.2) is 40.0 Å². The summed E-state index contributed by atoms with van der Waals surface area (Å²) in [6.45, 7) is 8.57. The van der Waals surface area contributed by atoms with Crippen molar-refractivity contribution in [1.82, 2.24) is 18.5 Å². The summed E-state index contributed by atoms with van der Waals surface area (Å²) >= 11 is 0. The van der Waals surface area contributed by atoms with E-state index < -0.39 is 10.0 Å². The lowest BCUT2D eigenvalue weighted by Crippen LogP contribution is -2.39. The van der Waals surface area contributed by atoms with Crippen LogP contribution in [0.5, 0.6) is 0 Å². The van der Waals surface area contributed by atoms with E-state index in [0.29, 0.717) is 30.8 Å². The molecule has 0 bridgehead atoms. The fourth-order valence-electron chi connectivity index (χ4n) is 4.62. The number of aromatic nitrogens is 3. The van der Waals surface area contributed by atoms with Gasteiger partial charge in [0.25, 0.3) is 5.56 Å². The Morgan fingerprint density at radius 2 is 1.60 bits per heavy atom. The largest absolute Gasteiger partial charge is 0.333 e. The number of hydrogen-bond donors (Lipinski definition) is 0. The summed E-state index contributed by atoms with van der Waals surface area (Å²) in [4.78, 5) is 12.8. The van der Waals surface area contributed by atoms with E-state index in [1.165, 1.54) is 4.52 Å². The topological polar surface area (TPSA) is 76.7 Å². The lowest BCUT2D eigenvalue weighted by molar-refractivity contribution is 0.313. The highest BCUT2D eigenvalue weighted by atomic mass is 32.2. The van der Waals surface area contributed by atoms with Gasteiger partial charge in [-0.1, -0.05) is 6.07 Å². The Bertz CT molecular complexity index is 1270. The molecule has 30 heavy (non-hydrogen) atoms. The Balaban J connectivity index is 1.63. The minimum Gasteiger partial charge on any atom is -0.333 e. The molecular formula is C22H28N4O3S. The number of sulfonamides is 1. The molecule has 0 radical (unpaired) electrons. The number of nitrogens with zero attached hydrogens (tertiary/aromatic N) is 4. The van der Waals surface area contributed by atoms with Crippen LogP contribution in [0.15, 0.2) is 34.1 Å². The zero-order valence-corrected chi connectivity index (χ0v) is 19.0. The van der Waals surface area contributed by atoms with Gasteiger partial charge in [0.05, 0.1) is 11.1 Å². The molecule has 4 rings (SSSR count). The van der Waals surface area contributed by atoms with Gasteiger partial charge in [-0.05, 0) is 62.8 Å². The van der Waals surface area contributed by atoms with E-state index in [9.17, 15) is 13.2 Å². The van der Waals surface area contributed by atoms with Gasteiger partial charge >= 0.3 is 0 Å². The predicted octanol–water partition coefficient (Wildman–Crippen LogP) is 2.83. The van der Waals surface area contributed by atoms with Gasteiger partial charge in [0.2, 0.25) is 10.0 Å². The van der Waals surface area contributed by atoms with Crippen molar-refractivity contribution in [3.05, 3.63) is 62.7 Å². The molecule has 1 aliphatic heterocycles. The third kappa shape index (κ3) is 3.18. The third-order valence-electron chi connectivity index (χ3n) is 6.60. The van der Waals surface area contributed by atoms with Crippen molar-refractivity contribution in [3.8, 4) is 0 Å². The van der Waals surface area contributed by atoms with E-state index in [1.807, 2.05) is 51.4 Å². The van der Waals surface area contributed by atoms with Crippen LogP contribution >= 0.6 is 0 Å². The molecule has 0 unspecified atom stereocenters. The highest BCUT2D eigenvalue weighted by Crippen LogP contribution is 2.33. The SMILES string of the molecule is Cc1cc(C)c(C)c(S(=O)(=O)N2CCC(c3cc(=O)n4nccc4n3C)CC2)c1C. The molecule has 0 saturated carbocycles. The first-order valence-corrected chi connectivity index (χ1v) is 11.7. The van der Waals surface area contributed by atoms with Crippen molar-refractivity contribution >= 4 is 15.7 Å². The molecule has 1 aliphatic rings. The third-order valence-corrected chi connectivity index (χ3v) is 8.77. The summed E-state index contributed by atoms with van der Waals surface area (Å²) in [7, 11) is -1.64. The first-order valence-electron chi connectivity index (χ1n) is 10.2. The zero-order chi connectivity index (χ0) is 21.8. The van der Waals surface area contributed by atoms with Gasteiger partial charge in [-0.2, -0.15) is 13.9 Å². The molecule has 3 heterocycles. The predicted molar refractivity (Wildman–Crippen MR) is 117 cm³/mol. The average molecular weight is 429 g/mol. The Morgan fingerprint density at radius 1 is 1.00 bits per heavy atom. The van der Waals surface area contributed by atoms with Gasteiger partial charge in [0.15, 0.2) is 0 Å². The summed E-state index contributed by atoms with van der Waals surface area (Å²) in [6, 6.07) is 5.49. The van der Waals surface area contributed by atoms with E-state index in [1.54, 1.807) is 16.6 Å². The maximum Gasteiger partial charge on any atom is 0.274 e. The highest BCUT2D eigenvalue weighted by molar-refractivity contribution is 7.89. The standard InChI is InChI=1S/C22H28N4O3S/c1-14-12-15(2)17(4)22(16(14)3)30(28,29)25-10-7-18(8-11-25)19-13-21(27)26-20(24(19)5)6-9-23-26/h6,9,12-13,18H,7-8,10-11H2,1-5H3. The van der Waals surface area contributed by atoms with Gasteiger partial charge in [-0.15, -0.1) is 0 Å². The van der Waals surface area contributed by atoms with Crippen LogP contribution < -0.4 is 5.56 Å². The number of fused-ring (bicyclic) bond motifs is 1. The van der Waals surface area contributed by atoms with Gasteiger partial charge in [-0.3, -0.25) is 4.79 Å². The maximum atomic E-state index is 13.5. The Morgan fingerprint density at radius 3 is 2.20 bits per heavy atom. The van der Waals surface area contributed by atoms with Gasteiger partial charge in [0.1, 0.15) is 5.65 Å². The zero-order valence-electron chi connectivity index (χ0n) is 18.1. The first kappa shape index (κ1) is 20.8. The van der Waals surface area contributed by atoms with Crippen LogP contribution in [0.3, 0.4) is 0 Å². The van der Waals surface area contributed by atoms with Crippen LogP contribution in [0.4, 0.5) is 0 Å². The number of hydrogen-bond acceptors (Lipinski definition) is 4. The maximum absolute atomic E-state index is 13.5. The molecule has 2 aromatic heterocycles. The highest BCUT2D eigenvalue weighted by Gasteiger charge is 2.33. The van der Waals surface area contributed by atoms with Crippen LogP contribution in [0.25, 0.3) is 5.65 Å². The van der Waals surface area contributed by atoms with E-state index in [2.05, 4.69) is 5.10 Å². The van der Waals surface area contributed by atoms with Gasteiger partial charge in [0, 0.05) is 43.9 Å². The molecule has 1 fully saturated rings. The average Bonchev–Trinajstić information content (AvgIpc) is 3.20. The van der Waals surface area contributed by atoms with E-state index in [-0.39, 0.29) is 11.5 Å². The summed E-state index contributed by atoms with van der Waals surface area (Å²) in [6.07, 6.45) is 2.98. The molecule has 0 amide bonds. The number of rotatable bonds is 3. The van der Waals surface area contributed by atoms with Crippen molar-refractivity contribution in [2.24, 2.45) is 7.05 Å². The van der Waals surface area contributed by atoms with Crippen molar-refractivity contribution in [1.29, 1.82) is 0 Å². The number of piperidine rings is 1. The minimum absolute atomic E-state index is 0.135. The summed E-state index contributed by atoms with van der Waals surface area (Å²) in [5, 5.41) is 4.07. The van der Waals surface area contributed by atoms with Crippen molar-refractivity contribution in [2.45, 2.75) is 51.3 Å². The second-order valence-electron chi connectivity index (χ2n) is 8.34. The monoisotopic (exact) mass is 428 g/mol. The molecule has 8 heteroatoms. The Labute approximate surface area is 177 Å². The lowest BCUT2D eigenvalue weighted by Gasteiger charge is -2.33. The molecule has 0 aliphatic carbocycles. The van der Waals surface area contributed by atoms with Gasteiger partial charge < -0.3 is 4.57 Å². The lowest BCUT2D eigenvalue weighted by atomic mass is 9.94. The molecule has 3 aromatic rings. The van der Waals surface area contributed by atoms with E-state index >= 15 is 0 Å². The van der Waals surface area contributed by atoms with E-state index in [0.717, 1.165) is 33.6 Å². The number of benzene rings is 1. The number of aryl methyl sites for hydroxylation is 3. The molecule has 1 aromatic carbocycles.